The zero-order valence-corrected chi connectivity index (χ0v) is 14.3. The summed E-state index contributed by atoms with van der Waals surface area (Å²) in [5.41, 5.74) is 2.46. The van der Waals surface area contributed by atoms with E-state index in [-0.39, 0.29) is 10.5 Å². The predicted octanol–water partition coefficient (Wildman–Crippen LogP) is 2.92. The fourth-order valence-corrected chi connectivity index (χ4v) is 3.76. The molecule has 23 heavy (non-hydrogen) atoms. The molecule has 122 valence electrons. The minimum absolute atomic E-state index is 0.0205. The maximum absolute atomic E-state index is 13.0. The Bertz CT molecular complexity index is 843. The Morgan fingerprint density at radius 2 is 1.70 bits per heavy atom. The highest BCUT2D eigenvalue weighted by molar-refractivity contribution is 7.92. The second kappa shape index (κ2) is 6.42. The summed E-state index contributed by atoms with van der Waals surface area (Å²) in [6.07, 6.45) is 0. The van der Waals surface area contributed by atoms with Gasteiger partial charge in [0.15, 0.2) is 0 Å². The molecule has 0 amide bonds. The van der Waals surface area contributed by atoms with Crippen LogP contribution in [0.3, 0.4) is 0 Å². The third-order valence-corrected chi connectivity index (χ3v) is 5.68. The van der Waals surface area contributed by atoms with E-state index < -0.39 is 16.0 Å². The highest BCUT2D eigenvalue weighted by atomic mass is 32.2. The number of esters is 1. The molecule has 2 rings (SSSR count). The Morgan fingerprint density at radius 3 is 2.35 bits per heavy atom. The van der Waals surface area contributed by atoms with Crippen molar-refractivity contribution >= 4 is 21.7 Å². The molecule has 0 aliphatic rings. The van der Waals surface area contributed by atoms with Crippen LogP contribution in [0.15, 0.2) is 47.4 Å². The molecule has 5 nitrogen and oxygen atoms in total. The lowest BCUT2D eigenvalue weighted by Crippen LogP contribution is -2.29. The van der Waals surface area contributed by atoms with Gasteiger partial charge in [0.2, 0.25) is 0 Å². The van der Waals surface area contributed by atoms with E-state index in [9.17, 15) is 13.2 Å². The summed E-state index contributed by atoms with van der Waals surface area (Å²) in [4.78, 5) is 11.8. The van der Waals surface area contributed by atoms with Gasteiger partial charge >= 0.3 is 5.97 Å². The van der Waals surface area contributed by atoms with Gasteiger partial charge in [0.1, 0.15) is 4.90 Å². The lowest BCUT2D eigenvalue weighted by atomic mass is 10.1. The number of benzene rings is 2. The van der Waals surface area contributed by atoms with Gasteiger partial charge in [0.25, 0.3) is 10.0 Å². The second-order valence-corrected chi connectivity index (χ2v) is 7.12. The lowest BCUT2D eigenvalue weighted by Gasteiger charge is -2.23. The molecule has 0 heterocycles. The van der Waals surface area contributed by atoms with Gasteiger partial charge in [-0.1, -0.05) is 24.3 Å². The average Bonchev–Trinajstić information content (AvgIpc) is 2.56. The van der Waals surface area contributed by atoms with Crippen LogP contribution in [-0.4, -0.2) is 28.5 Å². The number of sulfonamides is 1. The molecule has 0 bridgehead atoms. The maximum atomic E-state index is 13.0. The van der Waals surface area contributed by atoms with E-state index in [4.69, 9.17) is 0 Å². The number of ether oxygens (including phenoxy) is 1. The quantitative estimate of drug-likeness (QED) is 0.807. The summed E-state index contributed by atoms with van der Waals surface area (Å²) in [7, 11) is -1.18. The van der Waals surface area contributed by atoms with E-state index in [0.29, 0.717) is 5.69 Å². The first kappa shape index (κ1) is 17.0. The minimum atomic E-state index is -3.88. The summed E-state index contributed by atoms with van der Waals surface area (Å²) < 4.78 is 31.8. The van der Waals surface area contributed by atoms with Crippen LogP contribution < -0.4 is 4.31 Å². The van der Waals surface area contributed by atoms with Crippen molar-refractivity contribution in [2.45, 2.75) is 18.7 Å². The van der Waals surface area contributed by atoms with Crippen LogP contribution in [0, 0.1) is 13.8 Å². The topological polar surface area (TPSA) is 63.7 Å². The van der Waals surface area contributed by atoms with Crippen molar-refractivity contribution in [2.24, 2.45) is 0 Å². The zero-order chi connectivity index (χ0) is 17.2. The molecular formula is C17H19NO4S. The van der Waals surface area contributed by atoms with Crippen LogP contribution in [0.5, 0.6) is 0 Å². The van der Waals surface area contributed by atoms with Crippen molar-refractivity contribution in [1.29, 1.82) is 0 Å². The fourth-order valence-electron chi connectivity index (χ4n) is 2.32. The molecule has 2 aromatic rings. The number of hydrogen-bond donors (Lipinski definition) is 0. The molecule has 6 heteroatoms. The highest BCUT2D eigenvalue weighted by Crippen LogP contribution is 2.28. The van der Waals surface area contributed by atoms with Gasteiger partial charge in [0.05, 0.1) is 18.4 Å². The van der Waals surface area contributed by atoms with Gasteiger partial charge in [-0.25, -0.2) is 13.2 Å². The van der Waals surface area contributed by atoms with Crippen molar-refractivity contribution in [3.8, 4) is 0 Å². The van der Waals surface area contributed by atoms with Gasteiger partial charge in [0, 0.05) is 7.05 Å². The number of methoxy groups -OCH3 is 1. The summed E-state index contributed by atoms with van der Waals surface area (Å²) in [5, 5.41) is 0. The van der Waals surface area contributed by atoms with Gasteiger partial charge < -0.3 is 4.74 Å². The largest absolute Gasteiger partial charge is 0.465 e. The van der Waals surface area contributed by atoms with Gasteiger partial charge in [-0.15, -0.1) is 0 Å². The fraction of sp³-hybridized carbons (Fsp3) is 0.235. The first-order valence-electron chi connectivity index (χ1n) is 7.03. The molecule has 0 atom stereocenters. The Kier molecular flexibility index (Phi) is 4.75. The number of carbonyl (C=O) groups excluding carboxylic acids is 1. The first-order valence-corrected chi connectivity index (χ1v) is 8.47. The van der Waals surface area contributed by atoms with Gasteiger partial charge in [-0.05, 0) is 43.2 Å². The Balaban J connectivity index is 2.59. The first-order chi connectivity index (χ1) is 10.8. The molecule has 0 aliphatic carbocycles. The molecule has 0 N–H and O–H groups in total. The van der Waals surface area contributed by atoms with Crippen molar-refractivity contribution in [2.75, 3.05) is 18.5 Å². The van der Waals surface area contributed by atoms with Gasteiger partial charge in [-0.3, -0.25) is 4.31 Å². The number of anilines is 1. The molecule has 0 unspecified atom stereocenters. The molecule has 0 saturated heterocycles. The molecule has 0 spiro atoms. The molecular weight excluding hydrogens is 314 g/mol. The van der Waals surface area contributed by atoms with Crippen LogP contribution in [0.4, 0.5) is 5.69 Å². The number of hydrogen-bond acceptors (Lipinski definition) is 4. The minimum Gasteiger partial charge on any atom is -0.465 e. The number of carbonyl (C=O) groups is 1. The van der Waals surface area contributed by atoms with Crippen molar-refractivity contribution in [3.63, 3.8) is 0 Å². The number of nitrogens with zero attached hydrogens (tertiary/aromatic N) is 1. The van der Waals surface area contributed by atoms with Crippen LogP contribution >= 0.6 is 0 Å². The molecule has 0 radical (unpaired) electrons. The third kappa shape index (κ3) is 3.07. The molecule has 0 saturated carbocycles. The van der Waals surface area contributed by atoms with E-state index >= 15 is 0 Å². The lowest BCUT2D eigenvalue weighted by molar-refractivity contribution is 0.0596. The van der Waals surface area contributed by atoms with Gasteiger partial charge in [-0.2, -0.15) is 0 Å². The molecule has 2 aromatic carbocycles. The normalized spacial score (nSPS) is 11.1. The Hall–Kier alpha value is -2.34. The number of aryl methyl sites for hydroxylation is 1. The molecule has 0 fully saturated rings. The van der Waals surface area contributed by atoms with E-state index in [1.807, 2.05) is 19.9 Å². The summed E-state index contributed by atoms with van der Waals surface area (Å²) in [6.45, 7) is 3.78. The standard InChI is InChI=1S/C17H19NO4S/c1-12-8-7-10-15(13(12)2)18(3)23(20,21)16-11-6-5-9-14(16)17(19)22-4/h5-11H,1-4H3. The summed E-state index contributed by atoms with van der Waals surface area (Å²) >= 11 is 0. The van der Waals surface area contributed by atoms with E-state index in [2.05, 4.69) is 4.74 Å². The second-order valence-electron chi connectivity index (χ2n) is 5.18. The smallest absolute Gasteiger partial charge is 0.339 e. The van der Waals surface area contributed by atoms with Crippen molar-refractivity contribution in [3.05, 3.63) is 59.2 Å². The van der Waals surface area contributed by atoms with Crippen LogP contribution in [0.2, 0.25) is 0 Å². The van der Waals surface area contributed by atoms with Crippen molar-refractivity contribution < 1.29 is 17.9 Å². The predicted molar refractivity (Wildman–Crippen MR) is 89.3 cm³/mol. The molecule has 0 aliphatic heterocycles. The number of rotatable bonds is 4. The highest BCUT2D eigenvalue weighted by Gasteiger charge is 2.28. The average molecular weight is 333 g/mol. The van der Waals surface area contributed by atoms with E-state index in [1.54, 1.807) is 24.3 Å². The maximum Gasteiger partial charge on any atom is 0.339 e. The zero-order valence-electron chi connectivity index (χ0n) is 13.5. The Morgan fingerprint density at radius 1 is 1.04 bits per heavy atom. The summed E-state index contributed by atoms with van der Waals surface area (Å²) in [5.74, 6) is -0.682. The Labute approximate surface area is 136 Å². The van der Waals surface area contributed by atoms with E-state index in [1.165, 1.54) is 30.6 Å². The van der Waals surface area contributed by atoms with Crippen LogP contribution in [-0.2, 0) is 14.8 Å². The van der Waals surface area contributed by atoms with Crippen LogP contribution in [0.25, 0.3) is 0 Å². The monoisotopic (exact) mass is 333 g/mol. The molecule has 0 aromatic heterocycles. The summed E-state index contributed by atoms with van der Waals surface area (Å²) in [6, 6.07) is 11.5. The van der Waals surface area contributed by atoms with E-state index in [0.717, 1.165) is 11.1 Å². The SMILES string of the molecule is COC(=O)c1ccccc1S(=O)(=O)N(C)c1cccc(C)c1C. The third-order valence-electron chi connectivity index (χ3n) is 3.85. The van der Waals surface area contributed by atoms with Crippen LogP contribution in [0.1, 0.15) is 21.5 Å². The van der Waals surface area contributed by atoms with Crippen molar-refractivity contribution in [1.82, 2.24) is 0 Å².